The lowest BCUT2D eigenvalue weighted by atomic mass is 9.82. The highest BCUT2D eigenvalue weighted by Gasteiger charge is 2.24. The van der Waals surface area contributed by atoms with E-state index in [0.717, 1.165) is 17.8 Å². The third-order valence-corrected chi connectivity index (χ3v) is 4.97. The van der Waals surface area contributed by atoms with Crippen LogP contribution in [-0.2, 0) is 0 Å². The molecule has 5 unspecified atom stereocenters. The van der Waals surface area contributed by atoms with Gasteiger partial charge in [-0.15, -0.1) is 0 Å². The molecule has 0 saturated heterocycles. The van der Waals surface area contributed by atoms with Crippen molar-refractivity contribution in [3.05, 3.63) is 0 Å². The fourth-order valence-corrected chi connectivity index (χ4v) is 3.91. The van der Waals surface area contributed by atoms with Gasteiger partial charge in [0.2, 0.25) is 0 Å². The molecule has 92 valence electrons. The maximum absolute atomic E-state index is 5.98. The summed E-state index contributed by atoms with van der Waals surface area (Å²) in [6, 6.07) is 0. The zero-order chi connectivity index (χ0) is 12.3. The molecule has 0 bridgehead atoms. The van der Waals surface area contributed by atoms with E-state index in [0.29, 0.717) is 11.6 Å². The number of rotatable bonds is 5. The van der Waals surface area contributed by atoms with Gasteiger partial charge in [0.15, 0.2) is 0 Å². The van der Waals surface area contributed by atoms with E-state index >= 15 is 0 Å². The topological polar surface area (TPSA) is 0 Å². The summed E-state index contributed by atoms with van der Waals surface area (Å²) in [4.78, 5) is 0. The standard InChI is InChI=1S/C15H26B2/c1-11(8-13-5-7-15(17)10-13)2-3-12-4-6-14(16)9-12/h11-15H,2-10H2,1H3. The molecule has 2 heteroatoms. The van der Waals surface area contributed by atoms with Gasteiger partial charge in [-0.25, -0.2) is 0 Å². The highest BCUT2D eigenvalue weighted by molar-refractivity contribution is 6.11. The first kappa shape index (κ1) is 13.6. The quantitative estimate of drug-likeness (QED) is 0.615. The molecule has 5 atom stereocenters. The molecular formula is C15H26B2. The van der Waals surface area contributed by atoms with Gasteiger partial charge in [-0.1, -0.05) is 69.9 Å². The Balaban J connectivity index is 1.59. The molecule has 0 amide bonds. The molecule has 0 heterocycles. The number of hydrogen-bond donors (Lipinski definition) is 0. The SMILES string of the molecule is [B]C1CCC(CCC(C)CC2CCC([B])C2)C1. The molecule has 0 aromatic rings. The molecule has 0 spiro atoms. The van der Waals surface area contributed by atoms with Crippen molar-refractivity contribution in [1.29, 1.82) is 0 Å². The summed E-state index contributed by atoms with van der Waals surface area (Å²) in [5, 5.41) is 0. The third-order valence-electron chi connectivity index (χ3n) is 4.97. The van der Waals surface area contributed by atoms with Gasteiger partial charge in [-0.05, 0) is 24.2 Å². The van der Waals surface area contributed by atoms with E-state index in [1.54, 1.807) is 0 Å². The minimum Gasteiger partial charge on any atom is -0.0771 e. The Morgan fingerprint density at radius 2 is 1.53 bits per heavy atom. The van der Waals surface area contributed by atoms with Crippen molar-refractivity contribution in [1.82, 2.24) is 0 Å². The molecule has 2 fully saturated rings. The summed E-state index contributed by atoms with van der Waals surface area (Å²) < 4.78 is 0. The summed E-state index contributed by atoms with van der Waals surface area (Å²) >= 11 is 0. The van der Waals surface area contributed by atoms with Crippen molar-refractivity contribution in [3.63, 3.8) is 0 Å². The monoisotopic (exact) mass is 228 g/mol. The Bertz CT molecular complexity index is 229. The van der Waals surface area contributed by atoms with Crippen LogP contribution in [-0.4, -0.2) is 15.7 Å². The van der Waals surface area contributed by atoms with Crippen LogP contribution in [0.15, 0.2) is 0 Å². The fourth-order valence-electron chi connectivity index (χ4n) is 3.91. The second-order valence-electron chi connectivity index (χ2n) is 6.80. The van der Waals surface area contributed by atoms with Crippen LogP contribution in [0.4, 0.5) is 0 Å². The van der Waals surface area contributed by atoms with Crippen LogP contribution in [0.3, 0.4) is 0 Å². The van der Waals surface area contributed by atoms with Crippen LogP contribution in [0.2, 0.25) is 11.6 Å². The van der Waals surface area contributed by atoms with Crippen LogP contribution in [0.25, 0.3) is 0 Å². The fraction of sp³-hybridized carbons (Fsp3) is 1.00. The van der Waals surface area contributed by atoms with Crippen molar-refractivity contribution in [2.24, 2.45) is 17.8 Å². The molecule has 0 aromatic heterocycles. The van der Waals surface area contributed by atoms with Gasteiger partial charge in [0.05, 0.1) is 15.7 Å². The molecule has 2 aliphatic carbocycles. The van der Waals surface area contributed by atoms with E-state index in [9.17, 15) is 0 Å². The lowest BCUT2D eigenvalue weighted by Crippen LogP contribution is -2.05. The lowest BCUT2D eigenvalue weighted by molar-refractivity contribution is 0.344. The Morgan fingerprint density at radius 3 is 2.06 bits per heavy atom. The van der Waals surface area contributed by atoms with Crippen LogP contribution in [0.5, 0.6) is 0 Å². The van der Waals surface area contributed by atoms with Crippen LogP contribution in [0, 0.1) is 17.8 Å². The van der Waals surface area contributed by atoms with E-state index < -0.39 is 0 Å². The highest BCUT2D eigenvalue weighted by atomic mass is 14.3. The second kappa shape index (κ2) is 6.34. The molecule has 0 nitrogen and oxygen atoms in total. The lowest BCUT2D eigenvalue weighted by Gasteiger charge is -2.18. The average Bonchev–Trinajstić information content (AvgIpc) is 2.85. The molecular weight excluding hydrogens is 202 g/mol. The zero-order valence-electron chi connectivity index (χ0n) is 11.4. The zero-order valence-corrected chi connectivity index (χ0v) is 11.4. The Labute approximate surface area is 110 Å². The van der Waals surface area contributed by atoms with E-state index in [-0.39, 0.29) is 0 Å². The van der Waals surface area contributed by atoms with Gasteiger partial charge < -0.3 is 0 Å². The smallest absolute Gasteiger partial charge is 0.0699 e. The minimum absolute atomic E-state index is 0.500. The predicted molar refractivity (Wildman–Crippen MR) is 76.7 cm³/mol. The van der Waals surface area contributed by atoms with E-state index in [4.69, 9.17) is 15.7 Å². The van der Waals surface area contributed by atoms with Gasteiger partial charge in [0.25, 0.3) is 0 Å². The van der Waals surface area contributed by atoms with Crippen LogP contribution < -0.4 is 0 Å². The molecule has 2 aliphatic rings. The van der Waals surface area contributed by atoms with Crippen LogP contribution >= 0.6 is 0 Å². The minimum atomic E-state index is 0.500. The molecule has 0 aliphatic heterocycles. The molecule has 2 saturated carbocycles. The van der Waals surface area contributed by atoms with Gasteiger partial charge in [0, 0.05) is 0 Å². The highest BCUT2D eigenvalue weighted by Crippen LogP contribution is 2.39. The first-order chi connectivity index (χ1) is 8.13. The van der Waals surface area contributed by atoms with Gasteiger partial charge in [0.1, 0.15) is 0 Å². The summed E-state index contributed by atoms with van der Waals surface area (Å²) in [5.74, 6) is 3.74. The maximum Gasteiger partial charge on any atom is 0.0699 e. The van der Waals surface area contributed by atoms with Gasteiger partial charge in [-0.3, -0.25) is 0 Å². The van der Waals surface area contributed by atoms with Crippen LogP contribution in [0.1, 0.15) is 64.7 Å². The third kappa shape index (κ3) is 4.38. The van der Waals surface area contributed by atoms with Crippen molar-refractivity contribution in [3.8, 4) is 0 Å². The largest absolute Gasteiger partial charge is 0.0771 e. The van der Waals surface area contributed by atoms with Crippen molar-refractivity contribution in [2.45, 2.75) is 76.3 Å². The first-order valence-corrected chi connectivity index (χ1v) is 7.64. The number of hydrogen-bond acceptors (Lipinski definition) is 0. The molecule has 0 aromatic carbocycles. The van der Waals surface area contributed by atoms with Crippen molar-refractivity contribution >= 4 is 15.7 Å². The van der Waals surface area contributed by atoms with Crippen molar-refractivity contribution in [2.75, 3.05) is 0 Å². The Kier molecular flexibility index (Phi) is 5.06. The van der Waals surface area contributed by atoms with E-state index in [1.165, 1.54) is 57.8 Å². The normalized spacial score (nSPS) is 39.6. The van der Waals surface area contributed by atoms with E-state index in [2.05, 4.69) is 6.92 Å². The second-order valence-corrected chi connectivity index (χ2v) is 6.80. The van der Waals surface area contributed by atoms with Gasteiger partial charge >= 0.3 is 0 Å². The summed E-state index contributed by atoms with van der Waals surface area (Å²) in [6.45, 7) is 2.43. The summed E-state index contributed by atoms with van der Waals surface area (Å²) in [7, 11) is 11.9. The first-order valence-electron chi connectivity index (χ1n) is 7.64. The predicted octanol–water partition coefficient (Wildman–Crippen LogP) is 4.31. The Morgan fingerprint density at radius 1 is 0.941 bits per heavy atom. The molecule has 2 rings (SSSR count). The Hall–Kier alpha value is 0.130. The van der Waals surface area contributed by atoms with Crippen molar-refractivity contribution < 1.29 is 0 Å². The van der Waals surface area contributed by atoms with E-state index in [1.807, 2.05) is 0 Å². The maximum atomic E-state index is 5.98. The summed E-state index contributed by atoms with van der Waals surface area (Å²) in [5.41, 5.74) is 0. The molecule has 17 heavy (non-hydrogen) atoms. The average molecular weight is 228 g/mol. The van der Waals surface area contributed by atoms with Gasteiger partial charge in [-0.2, -0.15) is 0 Å². The molecule has 0 N–H and O–H groups in total. The summed E-state index contributed by atoms with van der Waals surface area (Å²) in [6.07, 6.45) is 12.1. The molecule has 4 radical (unpaired) electrons.